The Labute approximate surface area is 155 Å². The minimum atomic E-state index is -1.16. The van der Waals surface area contributed by atoms with Crippen molar-refractivity contribution >= 4 is 11.9 Å². The van der Waals surface area contributed by atoms with Crippen LogP contribution >= 0.6 is 0 Å². The van der Waals surface area contributed by atoms with E-state index in [2.05, 4.69) is 20.9 Å². The standard InChI is InChI=1S/C19H32N4O3/c1-4-20-18(22-12-6-11-21-17(24)15-7-5-8-15)23-13-19(3,25)16-10-9-14(2)26-16/h9-10,15,25H,4-8,11-13H2,1-3H3,(H,21,24)(H2,20,22,23). The molecule has 0 bridgehead atoms. The van der Waals surface area contributed by atoms with Gasteiger partial charge in [0, 0.05) is 25.6 Å². The van der Waals surface area contributed by atoms with E-state index >= 15 is 0 Å². The molecule has 1 aliphatic carbocycles. The number of aliphatic hydroxyl groups is 1. The van der Waals surface area contributed by atoms with Crippen molar-refractivity contribution in [3.8, 4) is 0 Å². The molecule has 0 saturated heterocycles. The number of aryl methyl sites for hydroxylation is 1. The lowest BCUT2D eigenvalue weighted by Gasteiger charge is -2.24. The largest absolute Gasteiger partial charge is 0.463 e. The van der Waals surface area contributed by atoms with Crippen molar-refractivity contribution in [2.24, 2.45) is 10.9 Å². The number of carbonyl (C=O) groups is 1. The first-order valence-electron chi connectivity index (χ1n) is 9.51. The highest BCUT2D eigenvalue weighted by Gasteiger charge is 2.27. The summed E-state index contributed by atoms with van der Waals surface area (Å²) in [7, 11) is 0. The number of amides is 1. The second-order valence-electron chi connectivity index (χ2n) is 7.08. The zero-order chi connectivity index (χ0) is 19.0. The van der Waals surface area contributed by atoms with Crippen molar-refractivity contribution in [1.82, 2.24) is 16.0 Å². The van der Waals surface area contributed by atoms with E-state index in [4.69, 9.17) is 4.42 Å². The number of hydrogen-bond donors (Lipinski definition) is 4. The number of aliphatic imine (C=N–C) groups is 1. The van der Waals surface area contributed by atoms with Gasteiger partial charge in [-0.05, 0) is 52.2 Å². The normalized spacial score (nSPS) is 17.3. The van der Waals surface area contributed by atoms with Gasteiger partial charge < -0.3 is 25.5 Å². The van der Waals surface area contributed by atoms with E-state index in [-0.39, 0.29) is 18.4 Å². The van der Waals surface area contributed by atoms with Crippen molar-refractivity contribution in [3.63, 3.8) is 0 Å². The minimum absolute atomic E-state index is 0.182. The van der Waals surface area contributed by atoms with Crippen molar-refractivity contribution in [1.29, 1.82) is 0 Å². The van der Waals surface area contributed by atoms with Crippen LogP contribution in [-0.2, 0) is 10.4 Å². The van der Waals surface area contributed by atoms with Gasteiger partial charge in [0.1, 0.15) is 17.1 Å². The molecule has 1 unspecified atom stereocenters. The maximum absolute atomic E-state index is 11.8. The van der Waals surface area contributed by atoms with E-state index in [1.165, 1.54) is 6.42 Å². The second-order valence-corrected chi connectivity index (χ2v) is 7.08. The fourth-order valence-electron chi connectivity index (χ4n) is 2.70. The highest BCUT2D eigenvalue weighted by atomic mass is 16.4. The van der Waals surface area contributed by atoms with Crippen LogP contribution in [-0.4, -0.2) is 43.2 Å². The first-order chi connectivity index (χ1) is 12.4. The van der Waals surface area contributed by atoms with E-state index in [1.54, 1.807) is 13.0 Å². The molecule has 1 aliphatic rings. The Kier molecular flexibility index (Phi) is 7.50. The number of guanidine groups is 1. The fourth-order valence-corrected chi connectivity index (χ4v) is 2.70. The summed E-state index contributed by atoms with van der Waals surface area (Å²) in [5, 5.41) is 19.9. The summed E-state index contributed by atoms with van der Waals surface area (Å²) in [6.07, 6.45) is 4.03. The van der Waals surface area contributed by atoms with Gasteiger partial charge in [0.15, 0.2) is 5.96 Å². The Hall–Kier alpha value is -2.02. The zero-order valence-electron chi connectivity index (χ0n) is 16.1. The van der Waals surface area contributed by atoms with Crippen LogP contribution in [0.3, 0.4) is 0 Å². The van der Waals surface area contributed by atoms with Gasteiger partial charge in [-0.2, -0.15) is 0 Å². The van der Waals surface area contributed by atoms with Gasteiger partial charge in [0.25, 0.3) is 0 Å². The summed E-state index contributed by atoms with van der Waals surface area (Å²) in [4.78, 5) is 16.2. The molecule has 7 heteroatoms. The molecule has 1 aromatic heterocycles. The van der Waals surface area contributed by atoms with E-state index in [0.29, 0.717) is 24.8 Å². The highest BCUT2D eigenvalue weighted by molar-refractivity contribution is 5.80. The fraction of sp³-hybridized carbons (Fsp3) is 0.684. The smallest absolute Gasteiger partial charge is 0.223 e. The lowest BCUT2D eigenvalue weighted by Crippen LogP contribution is -2.40. The van der Waals surface area contributed by atoms with E-state index in [0.717, 1.165) is 31.6 Å². The molecule has 1 heterocycles. The van der Waals surface area contributed by atoms with Gasteiger partial charge in [-0.3, -0.25) is 4.79 Å². The third-order valence-corrected chi connectivity index (χ3v) is 4.58. The van der Waals surface area contributed by atoms with Crippen molar-refractivity contribution < 1.29 is 14.3 Å². The maximum Gasteiger partial charge on any atom is 0.223 e. The summed E-state index contributed by atoms with van der Waals surface area (Å²) >= 11 is 0. The number of hydrogen-bond acceptors (Lipinski definition) is 4. The van der Waals surface area contributed by atoms with Crippen LogP contribution in [0.4, 0.5) is 0 Å². The van der Waals surface area contributed by atoms with Crippen LogP contribution in [0.2, 0.25) is 0 Å². The maximum atomic E-state index is 11.8. The Morgan fingerprint density at radius 1 is 1.31 bits per heavy atom. The van der Waals surface area contributed by atoms with Crippen molar-refractivity contribution in [3.05, 3.63) is 23.7 Å². The summed E-state index contributed by atoms with van der Waals surface area (Å²) in [5.74, 6) is 2.32. The van der Waals surface area contributed by atoms with Gasteiger partial charge in [-0.1, -0.05) is 6.42 Å². The van der Waals surface area contributed by atoms with Crippen LogP contribution in [0, 0.1) is 12.8 Å². The van der Waals surface area contributed by atoms with Gasteiger partial charge in [-0.25, -0.2) is 4.99 Å². The van der Waals surface area contributed by atoms with Gasteiger partial charge in [-0.15, -0.1) is 0 Å². The molecule has 2 rings (SSSR count). The van der Waals surface area contributed by atoms with Crippen LogP contribution in [0.1, 0.15) is 51.1 Å². The molecule has 0 aliphatic heterocycles. The highest BCUT2D eigenvalue weighted by Crippen LogP contribution is 2.26. The molecular formula is C19H32N4O3. The molecule has 1 aromatic rings. The second kappa shape index (κ2) is 9.62. The molecular weight excluding hydrogens is 332 g/mol. The lowest BCUT2D eigenvalue weighted by molar-refractivity contribution is -0.127. The Balaban J connectivity index is 1.74. The van der Waals surface area contributed by atoms with Crippen LogP contribution in [0.25, 0.3) is 0 Å². The lowest BCUT2D eigenvalue weighted by atomic mass is 9.85. The van der Waals surface area contributed by atoms with Gasteiger partial charge in [0.2, 0.25) is 5.91 Å². The van der Waals surface area contributed by atoms with Crippen molar-refractivity contribution in [2.75, 3.05) is 26.2 Å². The topological polar surface area (TPSA) is 98.9 Å². The average Bonchev–Trinajstić information content (AvgIpc) is 2.98. The van der Waals surface area contributed by atoms with Crippen LogP contribution < -0.4 is 16.0 Å². The summed E-state index contributed by atoms with van der Waals surface area (Å²) in [5.41, 5.74) is -1.16. The average molecular weight is 364 g/mol. The predicted octanol–water partition coefficient (Wildman–Crippen LogP) is 1.66. The first-order valence-corrected chi connectivity index (χ1v) is 9.51. The molecule has 1 atom stereocenters. The molecule has 0 aromatic carbocycles. The van der Waals surface area contributed by atoms with Crippen molar-refractivity contribution in [2.45, 2.75) is 52.1 Å². The Bertz CT molecular complexity index is 606. The number of nitrogens with one attached hydrogen (secondary N) is 3. The molecule has 7 nitrogen and oxygen atoms in total. The monoisotopic (exact) mass is 364 g/mol. The Morgan fingerprint density at radius 2 is 2.04 bits per heavy atom. The summed E-state index contributed by atoms with van der Waals surface area (Å²) in [6.45, 7) is 7.79. The third-order valence-electron chi connectivity index (χ3n) is 4.58. The molecule has 1 amide bonds. The zero-order valence-corrected chi connectivity index (χ0v) is 16.1. The molecule has 146 valence electrons. The number of furan rings is 1. The third kappa shape index (κ3) is 6.05. The predicted molar refractivity (Wildman–Crippen MR) is 102 cm³/mol. The van der Waals surface area contributed by atoms with Gasteiger partial charge >= 0.3 is 0 Å². The van der Waals surface area contributed by atoms with Crippen LogP contribution in [0.5, 0.6) is 0 Å². The summed E-state index contributed by atoms with van der Waals surface area (Å²) in [6, 6.07) is 3.60. The molecule has 26 heavy (non-hydrogen) atoms. The number of nitrogens with zero attached hydrogens (tertiary/aromatic N) is 1. The summed E-state index contributed by atoms with van der Waals surface area (Å²) < 4.78 is 5.51. The molecule has 0 spiro atoms. The van der Waals surface area contributed by atoms with E-state index < -0.39 is 5.60 Å². The van der Waals surface area contributed by atoms with E-state index in [9.17, 15) is 9.90 Å². The van der Waals surface area contributed by atoms with Gasteiger partial charge in [0.05, 0.1) is 6.54 Å². The first kappa shape index (κ1) is 20.3. The SMILES string of the molecule is CCNC(=NCC(C)(O)c1ccc(C)o1)NCCCNC(=O)C1CCC1. The van der Waals surface area contributed by atoms with E-state index in [1.807, 2.05) is 19.9 Å². The minimum Gasteiger partial charge on any atom is -0.463 e. The van der Waals surface area contributed by atoms with Crippen LogP contribution in [0.15, 0.2) is 21.5 Å². The quantitative estimate of drug-likeness (QED) is 0.303. The molecule has 1 fully saturated rings. The molecule has 0 radical (unpaired) electrons. The molecule has 1 saturated carbocycles. The number of rotatable bonds is 9. The Morgan fingerprint density at radius 3 is 2.62 bits per heavy atom. The molecule has 4 N–H and O–H groups in total. The number of carbonyl (C=O) groups excluding carboxylic acids is 1.